The number of ether oxygens (including phenoxy) is 1. The summed E-state index contributed by atoms with van der Waals surface area (Å²) in [7, 11) is 1.58. The van der Waals surface area contributed by atoms with Crippen molar-refractivity contribution in [2.24, 2.45) is 0 Å². The van der Waals surface area contributed by atoms with Gasteiger partial charge in [-0.05, 0) is 43.0 Å². The van der Waals surface area contributed by atoms with Gasteiger partial charge in [-0.15, -0.1) is 0 Å². The lowest BCUT2D eigenvalue weighted by Gasteiger charge is -2.22. The molecule has 3 aromatic heterocycles. The molecule has 3 heterocycles. The fourth-order valence-electron chi connectivity index (χ4n) is 3.80. The maximum absolute atomic E-state index is 5.78. The number of hydrogen-bond donors (Lipinski definition) is 2. The van der Waals surface area contributed by atoms with Crippen LogP contribution in [0.4, 0.5) is 11.8 Å². The Hall–Kier alpha value is -2.96. The highest BCUT2D eigenvalue weighted by Crippen LogP contribution is 2.31. The van der Waals surface area contributed by atoms with E-state index in [1.165, 1.54) is 32.1 Å². The molecule has 4 rings (SSSR count). The van der Waals surface area contributed by atoms with E-state index < -0.39 is 0 Å². The van der Waals surface area contributed by atoms with Gasteiger partial charge in [0.15, 0.2) is 0 Å². The van der Waals surface area contributed by atoms with E-state index >= 15 is 0 Å². The highest BCUT2D eigenvalue weighted by molar-refractivity contribution is 5.83. The van der Waals surface area contributed by atoms with Crippen LogP contribution in [-0.2, 0) is 6.42 Å². The lowest BCUT2D eigenvalue weighted by Crippen LogP contribution is -2.23. The van der Waals surface area contributed by atoms with E-state index in [1.54, 1.807) is 19.4 Å². The Morgan fingerprint density at radius 2 is 1.96 bits per heavy atom. The third kappa shape index (κ3) is 3.69. The van der Waals surface area contributed by atoms with Crippen LogP contribution in [-0.4, -0.2) is 33.1 Å². The molecule has 0 unspecified atom stereocenters. The van der Waals surface area contributed by atoms with Gasteiger partial charge in [0.2, 0.25) is 11.8 Å². The molecule has 1 aliphatic carbocycles. The van der Waals surface area contributed by atoms with Crippen molar-refractivity contribution in [2.75, 3.05) is 18.2 Å². The van der Waals surface area contributed by atoms with Gasteiger partial charge in [-0.2, -0.15) is 4.98 Å². The molecule has 0 spiro atoms. The van der Waals surface area contributed by atoms with Crippen molar-refractivity contribution in [1.29, 1.82) is 0 Å². The molecule has 0 aliphatic heterocycles. The number of nitrogens with zero attached hydrogens (tertiary/aromatic N) is 4. The number of rotatable bonds is 5. The minimum Gasteiger partial charge on any atom is -0.480 e. The van der Waals surface area contributed by atoms with Gasteiger partial charge < -0.3 is 15.8 Å². The van der Waals surface area contributed by atoms with Gasteiger partial charge in [-0.3, -0.25) is 0 Å². The number of nitrogen functional groups attached to an aromatic ring is 1. The van der Waals surface area contributed by atoms with Gasteiger partial charge in [0, 0.05) is 6.04 Å². The van der Waals surface area contributed by atoms with Crippen LogP contribution in [0.5, 0.6) is 5.88 Å². The summed E-state index contributed by atoms with van der Waals surface area (Å²) in [6.07, 6.45) is 8.88. The Balaban J connectivity index is 1.73. The summed E-state index contributed by atoms with van der Waals surface area (Å²) in [5.74, 6) is 1.57. The molecule has 0 atom stereocenters. The van der Waals surface area contributed by atoms with Crippen molar-refractivity contribution in [3.05, 3.63) is 30.0 Å². The Bertz CT molecular complexity index is 984. The zero-order valence-corrected chi connectivity index (χ0v) is 16.4. The molecule has 0 saturated heterocycles. The van der Waals surface area contributed by atoms with E-state index in [9.17, 15) is 0 Å². The third-order valence-corrected chi connectivity index (χ3v) is 5.30. The van der Waals surface area contributed by atoms with E-state index in [4.69, 9.17) is 20.4 Å². The monoisotopic (exact) mass is 378 g/mol. The van der Waals surface area contributed by atoms with E-state index in [1.807, 2.05) is 6.07 Å². The first kappa shape index (κ1) is 18.4. The van der Waals surface area contributed by atoms with Crippen LogP contribution in [0.2, 0.25) is 0 Å². The Kier molecular flexibility index (Phi) is 5.23. The highest BCUT2D eigenvalue weighted by Gasteiger charge is 2.17. The van der Waals surface area contributed by atoms with Crippen LogP contribution in [0.25, 0.3) is 22.3 Å². The Labute approximate surface area is 164 Å². The Morgan fingerprint density at radius 3 is 2.71 bits per heavy atom. The molecule has 0 aromatic carbocycles. The van der Waals surface area contributed by atoms with Crippen molar-refractivity contribution in [2.45, 2.75) is 51.5 Å². The zero-order chi connectivity index (χ0) is 19.5. The quantitative estimate of drug-likeness (QED) is 0.692. The van der Waals surface area contributed by atoms with Crippen LogP contribution in [0, 0.1) is 0 Å². The molecule has 146 valence electrons. The fraction of sp³-hybridized carbons (Fsp3) is 0.429. The summed E-state index contributed by atoms with van der Waals surface area (Å²) < 4.78 is 5.40. The number of fused-ring (bicyclic) bond motifs is 1. The summed E-state index contributed by atoms with van der Waals surface area (Å²) >= 11 is 0. The predicted molar refractivity (Wildman–Crippen MR) is 111 cm³/mol. The first-order chi connectivity index (χ1) is 13.7. The van der Waals surface area contributed by atoms with Crippen molar-refractivity contribution < 1.29 is 4.74 Å². The molecule has 0 bridgehead atoms. The highest BCUT2D eigenvalue weighted by atomic mass is 16.5. The molecule has 0 radical (unpaired) electrons. The summed E-state index contributed by atoms with van der Waals surface area (Å²) in [6.45, 7) is 2.12. The molecule has 3 N–H and O–H groups in total. The maximum Gasteiger partial charge on any atom is 0.224 e. The topological polar surface area (TPSA) is 98.8 Å². The number of methoxy groups -OCH3 is 1. The summed E-state index contributed by atoms with van der Waals surface area (Å²) in [6, 6.07) is 6.15. The third-order valence-electron chi connectivity index (χ3n) is 5.30. The minimum atomic E-state index is 0.416. The predicted octanol–water partition coefficient (Wildman–Crippen LogP) is 3.98. The molecule has 0 amide bonds. The van der Waals surface area contributed by atoms with Gasteiger partial charge in [-0.25, -0.2) is 15.0 Å². The largest absolute Gasteiger partial charge is 0.480 e. The van der Waals surface area contributed by atoms with Crippen molar-refractivity contribution in [1.82, 2.24) is 19.9 Å². The van der Waals surface area contributed by atoms with Gasteiger partial charge in [0.05, 0.1) is 30.1 Å². The molecule has 28 heavy (non-hydrogen) atoms. The minimum absolute atomic E-state index is 0.416. The number of aryl methyl sites for hydroxylation is 1. The molecule has 1 fully saturated rings. The molecular weight excluding hydrogens is 352 g/mol. The summed E-state index contributed by atoms with van der Waals surface area (Å²) in [5.41, 5.74) is 10.1. The summed E-state index contributed by atoms with van der Waals surface area (Å²) in [4.78, 5) is 18.3. The maximum atomic E-state index is 5.78. The second-order valence-corrected chi connectivity index (χ2v) is 7.22. The molecule has 3 aromatic rings. The number of pyridine rings is 2. The number of anilines is 2. The van der Waals surface area contributed by atoms with Gasteiger partial charge in [0.25, 0.3) is 0 Å². The van der Waals surface area contributed by atoms with E-state index in [0.29, 0.717) is 23.7 Å². The van der Waals surface area contributed by atoms with Crippen LogP contribution in [0.1, 0.15) is 44.6 Å². The normalized spacial score (nSPS) is 14.9. The number of nitrogens with two attached hydrogens (primary N) is 1. The lowest BCUT2D eigenvalue weighted by molar-refractivity contribution is 0.400. The second-order valence-electron chi connectivity index (χ2n) is 7.22. The Morgan fingerprint density at radius 1 is 1.14 bits per heavy atom. The summed E-state index contributed by atoms with van der Waals surface area (Å²) in [5, 5.41) is 3.50. The van der Waals surface area contributed by atoms with Gasteiger partial charge in [0.1, 0.15) is 11.3 Å². The average Bonchev–Trinajstić information content (AvgIpc) is 2.73. The second kappa shape index (κ2) is 7.96. The molecular formula is C21H26N6O. The van der Waals surface area contributed by atoms with Crippen molar-refractivity contribution >= 4 is 22.8 Å². The molecule has 7 nitrogen and oxygen atoms in total. The smallest absolute Gasteiger partial charge is 0.224 e. The number of aromatic nitrogens is 4. The fourth-order valence-corrected chi connectivity index (χ4v) is 3.80. The van der Waals surface area contributed by atoms with E-state index in [-0.39, 0.29) is 0 Å². The molecule has 1 aliphatic rings. The standard InChI is InChI=1S/C21H26N6O/c1-3-13-11-16(15-9-10-18(22)26-20(15)28-2)25-17-12-23-21(27-19(13)17)24-14-7-5-4-6-8-14/h9-12,14H,3-8H2,1-2H3,(H2,22,26)(H,23,24,27). The van der Waals surface area contributed by atoms with Crippen molar-refractivity contribution in [3.8, 4) is 17.1 Å². The zero-order valence-electron chi connectivity index (χ0n) is 16.4. The molecule has 7 heteroatoms. The van der Waals surface area contributed by atoms with Crippen LogP contribution in [0.15, 0.2) is 24.4 Å². The SMILES string of the molecule is CCc1cc(-c2ccc(N)nc2OC)nc2cnc(NC3CCCCC3)nc12. The molecule has 1 saturated carbocycles. The number of hydrogen-bond acceptors (Lipinski definition) is 7. The van der Waals surface area contributed by atoms with Crippen molar-refractivity contribution in [3.63, 3.8) is 0 Å². The van der Waals surface area contributed by atoms with Crippen LogP contribution >= 0.6 is 0 Å². The van der Waals surface area contributed by atoms with Gasteiger partial charge in [-0.1, -0.05) is 26.2 Å². The van der Waals surface area contributed by atoms with Crippen LogP contribution in [0.3, 0.4) is 0 Å². The van der Waals surface area contributed by atoms with Crippen LogP contribution < -0.4 is 15.8 Å². The first-order valence-electron chi connectivity index (χ1n) is 9.92. The average molecular weight is 378 g/mol. The van der Waals surface area contributed by atoms with E-state index in [0.717, 1.165) is 34.3 Å². The first-order valence-corrected chi connectivity index (χ1v) is 9.92. The lowest BCUT2D eigenvalue weighted by atomic mass is 9.96. The number of nitrogens with one attached hydrogen (secondary N) is 1. The van der Waals surface area contributed by atoms with E-state index in [2.05, 4.69) is 28.3 Å². The van der Waals surface area contributed by atoms with Gasteiger partial charge >= 0.3 is 0 Å².